The van der Waals surface area contributed by atoms with Crippen LogP contribution in [0.5, 0.6) is 5.75 Å². The molecule has 5 heteroatoms. The second-order valence-corrected chi connectivity index (χ2v) is 4.29. The highest BCUT2D eigenvalue weighted by Gasteiger charge is 2.07. The number of hydrogen-bond donors (Lipinski definition) is 2. The van der Waals surface area contributed by atoms with Crippen molar-refractivity contribution in [2.24, 2.45) is 5.73 Å². The zero-order chi connectivity index (χ0) is 13.7. The number of nitrogens with zero attached hydrogens (tertiary/aromatic N) is 2. The van der Waals surface area contributed by atoms with Crippen molar-refractivity contribution in [2.75, 3.05) is 19.0 Å². The van der Waals surface area contributed by atoms with Gasteiger partial charge < -0.3 is 15.8 Å². The van der Waals surface area contributed by atoms with Gasteiger partial charge in [-0.25, -0.2) is 0 Å². The number of nitrogens with two attached hydrogens (primary N) is 1. The van der Waals surface area contributed by atoms with E-state index in [2.05, 4.69) is 15.5 Å². The number of nitrogens with one attached hydrogen (secondary N) is 1. The molecule has 0 bridgehead atoms. The maximum Gasteiger partial charge on any atom is 0.148 e. The Hall–Kier alpha value is -2.14. The Labute approximate surface area is 112 Å². The number of benzene rings is 1. The number of anilines is 1. The Morgan fingerprint density at radius 2 is 2.00 bits per heavy atom. The number of para-hydroxylation sites is 1. The molecule has 0 radical (unpaired) electrons. The highest BCUT2D eigenvalue weighted by atomic mass is 16.5. The van der Waals surface area contributed by atoms with Crippen molar-refractivity contribution in [3.8, 4) is 17.0 Å². The topological polar surface area (TPSA) is 73.1 Å². The average molecular weight is 258 g/mol. The van der Waals surface area contributed by atoms with Gasteiger partial charge in [0.15, 0.2) is 0 Å². The zero-order valence-electron chi connectivity index (χ0n) is 11.1. The van der Waals surface area contributed by atoms with E-state index < -0.39 is 0 Å². The Balaban J connectivity index is 2.22. The minimum absolute atomic E-state index is 0.173. The quantitative estimate of drug-likeness (QED) is 0.857. The van der Waals surface area contributed by atoms with E-state index in [0.29, 0.717) is 6.54 Å². The first-order chi connectivity index (χ1) is 9.24. The van der Waals surface area contributed by atoms with Crippen LogP contribution in [0.4, 0.5) is 5.82 Å². The number of rotatable bonds is 5. The van der Waals surface area contributed by atoms with Crippen molar-refractivity contribution in [1.82, 2.24) is 10.2 Å². The van der Waals surface area contributed by atoms with Crippen molar-refractivity contribution < 1.29 is 4.74 Å². The summed E-state index contributed by atoms with van der Waals surface area (Å²) in [6.45, 7) is 2.55. The molecule has 1 aromatic carbocycles. The van der Waals surface area contributed by atoms with Crippen LogP contribution >= 0.6 is 0 Å². The second-order valence-electron chi connectivity index (χ2n) is 4.29. The first kappa shape index (κ1) is 13.3. The molecule has 1 unspecified atom stereocenters. The van der Waals surface area contributed by atoms with Gasteiger partial charge >= 0.3 is 0 Å². The predicted molar refractivity (Wildman–Crippen MR) is 76.2 cm³/mol. The van der Waals surface area contributed by atoms with Crippen LogP contribution in [-0.2, 0) is 0 Å². The smallest absolute Gasteiger partial charge is 0.148 e. The fraction of sp³-hybridized carbons (Fsp3) is 0.286. The van der Waals surface area contributed by atoms with Crippen LogP contribution in [0.3, 0.4) is 0 Å². The molecule has 100 valence electrons. The molecule has 0 aliphatic heterocycles. The number of methoxy groups -OCH3 is 1. The molecule has 0 saturated carbocycles. The van der Waals surface area contributed by atoms with Gasteiger partial charge in [0.25, 0.3) is 0 Å². The molecule has 19 heavy (non-hydrogen) atoms. The Kier molecular flexibility index (Phi) is 4.30. The van der Waals surface area contributed by atoms with Crippen LogP contribution in [0.15, 0.2) is 36.4 Å². The fourth-order valence-electron chi connectivity index (χ4n) is 1.72. The fourth-order valence-corrected chi connectivity index (χ4v) is 1.72. The van der Waals surface area contributed by atoms with E-state index in [1.807, 2.05) is 43.3 Å². The number of ether oxygens (including phenoxy) is 1. The normalized spacial score (nSPS) is 11.9. The van der Waals surface area contributed by atoms with Crippen molar-refractivity contribution in [2.45, 2.75) is 13.0 Å². The van der Waals surface area contributed by atoms with E-state index in [1.165, 1.54) is 0 Å². The van der Waals surface area contributed by atoms with Crippen molar-refractivity contribution in [3.05, 3.63) is 36.4 Å². The summed E-state index contributed by atoms with van der Waals surface area (Å²) in [4.78, 5) is 0. The first-order valence-corrected chi connectivity index (χ1v) is 6.18. The van der Waals surface area contributed by atoms with Gasteiger partial charge in [0.1, 0.15) is 11.6 Å². The second kappa shape index (κ2) is 6.15. The third-order valence-electron chi connectivity index (χ3n) is 2.80. The van der Waals surface area contributed by atoms with Gasteiger partial charge in [0.2, 0.25) is 0 Å². The number of hydrogen-bond acceptors (Lipinski definition) is 5. The Bertz CT molecular complexity index is 527. The largest absolute Gasteiger partial charge is 0.496 e. The van der Waals surface area contributed by atoms with E-state index in [-0.39, 0.29) is 6.04 Å². The molecule has 0 saturated heterocycles. The molecule has 1 aromatic heterocycles. The highest BCUT2D eigenvalue weighted by molar-refractivity contribution is 5.67. The van der Waals surface area contributed by atoms with E-state index in [1.54, 1.807) is 7.11 Å². The molecular weight excluding hydrogens is 240 g/mol. The summed E-state index contributed by atoms with van der Waals surface area (Å²) in [5.41, 5.74) is 7.26. The third-order valence-corrected chi connectivity index (χ3v) is 2.80. The summed E-state index contributed by atoms with van der Waals surface area (Å²) in [7, 11) is 1.64. The lowest BCUT2D eigenvalue weighted by molar-refractivity contribution is 0.416. The molecule has 3 N–H and O–H groups in total. The lowest BCUT2D eigenvalue weighted by Gasteiger charge is -2.12. The van der Waals surface area contributed by atoms with Gasteiger partial charge in [0, 0.05) is 18.2 Å². The molecule has 0 aliphatic carbocycles. The first-order valence-electron chi connectivity index (χ1n) is 6.18. The van der Waals surface area contributed by atoms with Crippen LogP contribution in [0, 0.1) is 0 Å². The lowest BCUT2D eigenvalue weighted by Crippen LogP contribution is -2.25. The van der Waals surface area contributed by atoms with Gasteiger partial charge in [-0.05, 0) is 31.2 Å². The Morgan fingerprint density at radius 3 is 2.63 bits per heavy atom. The van der Waals surface area contributed by atoms with Crippen molar-refractivity contribution >= 4 is 5.82 Å². The SMILES string of the molecule is COc1ccccc1-c1ccc(NC(C)CN)nn1. The monoisotopic (exact) mass is 258 g/mol. The molecule has 0 spiro atoms. The van der Waals surface area contributed by atoms with E-state index in [9.17, 15) is 0 Å². The van der Waals surface area contributed by atoms with Crippen LogP contribution in [0.25, 0.3) is 11.3 Å². The zero-order valence-corrected chi connectivity index (χ0v) is 11.1. The number of aromatic nitrogens is 2. The van der Waals surface area contributed by atoms with Crippen LogP contribution in [0.1, 0.15) is 6.92 Å². The average Bonchev–Trinajstić information content (AvgIpc) is 2.48. The predicted octanol–water partition coefficient (Wildman–Crippen LogP) is 1.91. The molecule has 2 aromatic rings. The maximum atomic E-state index is 5.55. The van der Waals surface area contributed by atoms with Crippen LogP contribution in [-0.4, -0.2) is 29.9 Å². The maximum absolute atomic E-state index is 5.55. The summed E-state index contributed by atoms with van der Waals surface area (Å²) < 4.78 is 5.31. The van der Waals surface area contributed by atoms with Gasteiger partial charge in [-0.1, -0.05) is 12.1 Å². The molecule has 0 fully saturated rings. The molecule has 0 amide bonds. The Morgan fingerprint density at radius 1 is 1.21 bits per heavy atom. The van der Waals surface area contributed by atoms with Crippen molar-refractivity contribution in [1.29, 1.82) is 0 Å². The molecule has 0 aliphatic rings. The lowest BCUT2D eigenvalue weighted by atomic mass is 10.1. The van der Waals surface area contributed by atoms with Gasteiger partial charge in [0.05, 0.1) is 12.8 Å². The molecule has 1 atom stereocenters. The minimum atomic E-state index is 0.173. The van der Waals surface area contributed by atoms with E-state index >= 15 is 0 Å². The summed E-state index contributed by atoms with van der Waals surface area (Å²) in [5, 5.41) is 11.5. The molecule has 1 heterocycles. The van der Waals surface area contributed by atoms with Gasteiger partial charge in [-0.15, -0.1) is 10.2 Å². The van der Waals surface area contributed by atoms with Crippen molar-refractivity contribution in [3.63, 3.8) is 0 Å². The summed E-state index contributed by atoms with van der Waals surface area (Å²) in [6.07, 6.45) is 0. The van der Waals surface area contributed by atoms with Gasteiger partial charge in [-0.2, -0.15) is 0 Å². The minimum Gasteiger partial charge on any atom is -0.496 e. The highest BCUT2D eigenvalue weighted by Crippen LogP contribution is 2.27. The van der Waals surface area contributed by atoms with Crippen LogP contribution in [0.2, 0.25) is 0 Å². The standard InChI is InChI=1S/C14H18N4O/c1-10(9-15)16-14-8-7-12(17-18-14)11-5-3-4-6-13(11)19-2/h3-8,10H,9,15H2,1-2H3,(H,16,18). The molecular formula is C14H18N4O. The third kappa shape index (κ3) is 3.20. The summed E-state index contributed by atoms with van der Waals surface area (Å²) in [6, 6.07) is 11.7. The summed E-state index contributed by atoms with van der Waals surface area (Å²) in [5.74, 6) is 1.50. The van der Waals surface area contributed by atoms with Crippen LogP contribution < -0.4 is 15.8 Å². The summed E-state index contributed by atoms with van der Waals surface area (Å²) >= 11 is 0. The van der Waals surface area contributed by atoms with E-state index in [0.717, 1.165) is 22.8 Å². The molecule has 5 nitrogen and oxygen atoms in total. The molecule has 2 rings (SSSR count). The van der Waals surface area contributed by atoms with E-state index in [4.69, 9.17) is 10.5 Å². The van der Waals surface area contributed by atoms with Gasteiger partial charge in [-0.3, -0.25) is 0 Å².